The van der Waals surface area contributed by atoms with Gasteiger partial charge in [-0.2, -0.15) is 4.98 Å². The van der Waals surface area contributed by atoms with Crippen LogP contribution in [0.25, 0.3) is 5.78 Å². The quantitative estimate of drug-likeness (QED) is 0.479. The van der Waals surface area contributed by atoms with Gasteiger partial charge in [-0.15, -0.1) is 5.10 Å². The summed E-state index contributed by atoms with van der Waals surface area (Å²) in [5, 5.41) is 6.77. The summed E-state index contributed by atoms with van der Waals surface area (Å²) in [5.41, 5.74) is 1.31. The van der Waals surface area contributed by atoms with Crippen LogP contribution in [-0.2, 0) is 9.53 Å². The van der Waals surface area contributed by atoms with Gasteiger partial charge < -0.3 is 14.8 Å². The van der Waals surface area contributed by atoms with E-state index in [-0.39, 0.29) is 11.6 Å². The zero-order chi connectivity index (χ0) is 21.8. The Morgan fingerprint density at radius 1 is 1.00 bits per heavy atom. The normalized spacial score (nSPS) is 11.7. The number of fused-ring (bicyclic) bond motifs is 1. The summed E-state index contributed by atoms with van der Waals surface area (Å²) in [6, 6.07) is 18.0. The Hall–Kier alpha value is -4.27. The molecule has 0 saturated heterocycles. The van der Waals surface area contributed by atoms with Gasteiger partial charge in [0.25, 0.3) is 17.5 Å². The molecule has 0 saturated carbocycles. The van der Waals surface area contributed by atoms with Gasteiger partial charge in [-0.3, -0.25) is 4.79 Å². The molecule has 0 spiro atoms. The molecule has 9 nitrogen and oxygen atoms in total. The maximum atomic E-state index is 12.4. The number of anilines is 1. The van der Waals surface area contributed by atoms with E-state index in [9.17, 15) is 9.59 Å². The van der Waals surface area contributed by atoms with Crippen molar-refractivity contribution in [1.82, 2.24) is 19.6 Å². The van der Waals surface area contributed by atoms with Gasteiger partial charge in [0.05, 0.1) is 0 Å². The van der Waals surface area contributed by atoms with E-state index in [0.29, 0.717) is 17.2 Å². The van der Waals surface area contributed by atoms with Gasteiger partial charge in [0.2, 0.25) is 0 Å². The lowest BCUT2D eigenvalue weighted by Crippen LogP contribution is -2.30. The molecule has 0 aliphatic carbocycles. The van der Waals surface area contributed by atoms with Crippen LogP contribution in [0.5, 0.6) is 11.5 Å². The van der Waals surface area contributed by atoms with E-state index in [2.05, 4.69) is 20.4 Å². The number of hydrogen-bond acceptors (Lipinski definition) is 7. The van der Waals surface area contributed by atoms with Crippen molar-refractivity contribution in [2.45, 2.75) is 20.0 Å². The van der Waals surface area contributed by atoms with E-state index in [1.165, 1.54) is 11.4 Å². The molecule has 0 unspecified atom stereocenters. The van der Waals surface area contributed by atoms with E-state index in [1.54, 1.807) is 36.5 Å². The number of aromatic nitrogens is 4. The third kappa shape index (κ3) is 4.67. The summed E-state index contributed by atoms with van der Waals surface area (Å²) in [5.74, 6) is 0.171. The summed E-state index contributed by atoms with van der Waals surface area (Å²) in [4.78, 5) is 32.8. The van der Waals surface area contributed by atoms with Crippen LogP contribution < -0.4 is 10.1 Å². The monoisotopic (exact) mass is 417 g/mol. The average molecular weight is 417 g/mol. The molecule has 0 bridgehead atoms. The first kappa shape index (κ1) is 20.0. The van der Waals surface area contributed by atoms with Crippen molar-refractivity contribution >= 4 is 23.3 Å². The lowest BCUT2D eigenvalue weighted by Gasteiger charge is -2.13. The molecule has 4 rings (SSSR count). The van der Waals surface area contributed by atoms with E-state index >= 15 is 0 Å². The number of rotatable bonds is 6. The van der Waals surface area contributed by atoms with Crippen LogP contribution in [-0.4, -0.2) is 37.6 Å². The van der Waals surface area contributed by atoms with Crippen LogP contribution in [0, 0.1) is 6.92 Å². The highest BCUT2D eigenvalue weighted by atomic mass is 16.5. The number of hydrogen-bond donors (Lipinski definition) is 1. The molecule has 0 fully saturated rings. The second-order valence-electron chi connectivity index (χ2n) is 6.71. The lowest BCUT2D eigenvalue weighted by molar-refractivity contribution is -0.123. The fourth-order valence-corrected chi connectivity index (χ4v) is 2.73. The molecule has 1 N–H and O–H groups in total. The molecular formula is C22H19N5O4. The van der Waals surface area contributed by atoms with Gasteiger partial charge in [-0.1, -0.05) is 18.2 Å². The minimum atomic E-state index is -1.05. The molecular weight excluding hydrogens is 398 g/mol. The molecule has 31 heavy (non-hydrogen) atoms. The maximum absolute atomic E-state index is 12.4. The fourth-order valence-electron chi connectivity index (χ4n) is 2.73. The second-order valence-corrected chi connectivity index (χ2v) is 6.71. The molecule has 1 amide bonds. The van der Waals surface area contributed by atoms with Crippen molar-refractivity contribution in [3.63, 3.8) is 0 Å². The Balaban J connectivity index is 1.35. The highest BCUT2D eigenvalue weighted by Crippen LogP contribution is 2.22. The lowest BCUT2D eigenvalue weighted by atomic mass is 10.2. The SMILES string of the molecule is Cc1ccnc2nc(C(=O)O[C@H](C)C(=O)Nc3ccc(Oc4ccccc4)cc3)nn12. The molecule has 9 heteroatoms. The zero-order valence-corrected chi connectivity index (χ0v) is 16.9. The number of carbonyl (C=O) groups is 2. The van der Waals surface area contributed by atoms with Gasteiger partial charge in [-0.25, -0.2) is 14.3 Å². The van der Waals surface area contributed by atoms with Crippen molar-refractivity contribution in [3.05, 3.63) is 78.4 Å². The largest absolute Gasteiger partial charge is 0.457 e. The minimum absolute atomic E-state index is 0.163. The predicted molar refractivity (Wildman–Crippen MR) is 112 cm³/mol. The van der Waals surface area contributed by atoms with Crippen molar-refractivity contribution in [1.29, 1.82) is 0 Å². The number of nitrogens with zero attached hydrogens (tertiary/aromatic N) is 4. The van der Waals surface area contributed by atoms with Crippen LogP contribution in [0.3, 0.4) is 0 Å². The smallest absolute Gasteiger partial charge is 0.379 e. The molecule has 156 valence electrons. The third-order valence-corrected chi connectivity index (χ3v) is 4.37. The number of amides is 1. The van der Waals surface area contributed by atoms with Gasteiger partial charge in [-0.05, 0) is 56.3 Å². The topological polar surface area (TPSA) is 108 Å². The van der Waals surface area contributed by atoms with Gasteiger partial charge in [0.15, 0.2) is 6.10 Å². The van der Waals surface area contributed by atoms with E-state index < -0.39 is 18.0 Å². The van der Waals surface area contributed by atoms with Crippen LogP contribution in [0.2, 0.25) is 0 Å². The number of carbonyl (C=O) groups excluding carboxylic acids is 2. The first-order valence-corrected chi connectivity index (χ1v) is 9.53. The fraction of sp³-hybridized carbons (Fsp3) is 0.136. The number of aryl methyl sites for hydroxylation is 1. The zero-order valence-electron chi connectivity index (χ0n) is 16.9. The van der Waals surface area contributed by atoms with Gasteiger partial charge in [0.1, 0.15) is 11.5 Å². The van der Waals surface area contributed by atoms with Crippen LogP contribution in [0.1, 0.15) is 23.2 Å². The van der Waals surface area contributed by atoms with Crippen LogP contribution in [0.4, 0.5) is 5.69 Å². The predicted octanol–water partition coefficient (Wildman–Crippen LogP) is 3.41. The highest BCUT2D eigenvalue weighted by molar-refractivity contribution is 5.96. The summed E-state index contributed by atoms with van der Waals surface area (Å²) in [7, 11) is 0. The average Bonchev–Trinajstić information content (AvgIpc) is 3.22. The first-order valence-electron chi connectivity index (χ1n) is 9.53. The summed E-state index contributed by atoms with van der Waals surface area (Å²) in [6.07, 6.45) is 0.522. The molecule has 0 aliphatic heterocycles. The maximum Gasteiger partial charge on any atom is 0.379 e. The Morgan fingerprint density at radius 2 is 1.71 bits per heavy atom. The minimum Gasteiger partial charge on any atom is -0.457 e. The Bertz CT molecular complexity index is 1220. The number of nitrogens with one attached hydrogen (secondary N) is 1. The second kappa shape index (κ2) is 8.62. The number of para-hydroxylation sites is 1. The summed E-state index contributed by atoms with van der Waals surface area (Å²) >= 11 is 0. The molecule has 4 aromatic rings. The Morgan fingerprint density at radius 3 is 2.42 bits per heavy atom. The van der Waals surface area contributed by atoms with Gasteiger partial charge >= 0.3 is 5.97 Å². The van der Waals surface area contributed by atoms with E-state index in [4.69, 9.17) is 9.47 Å². The first-order chi connectivity index (χ1) is 15.0. The van der Waals surface area contributed by atoms with Crippen molar-refractivity contribution in [2.24, 2.45) is 0 Å². The Labute approximate surface area is 177 Å². The number of esters is 1. The molecule has 1 atom stereocenters. The number of ether oxygens (including phenoxy) is 2. The van der Waals surface area contributed by atoms with Gasteiger partial charge in [0, 0.05) is 17.6 Å². The molecule has 2 heterocycles. The molecule has 2 aromatic heterocycles. The third-order valence-electron chi connectivity index (χ3n) is 4.37. The van der Waals surface area contributed by atoms with E-state index in [1.807, 2.05) is 37.3 Å². The van der Waals surface area contributed by atoms with Crippen LogP contribution >= 0.6 is 0 Å². The molecule has 0 radical (unpaired) electrons. The summed E-state index contributed by atoms with van der Waals surface area (Å²) < 4.78 is 12.3. The van der Waals surface area contributed by atoms with Crippen molar-refractivity contribution in [3.8, 4) is 11.5 Å². The standard InChI is InChI=1S/C22H19N5O4/c1-14-12-13-23-22-25-19(26-27(14)22)21(29)30-15(2)20(28)24-16-8-10-18(11-9-16)31-17-6-4-3-5-7-17/h3-13,15H,1-2H3,(H,24,28)/t15-/m1/s1. The van der Waals surface area contributed by atoms with Crippen molar-refractivity contribution < 1.29 is 19.1 Å². The number of benzene rings is 2. The van der Waals surface area contributed by atoms with Crippen molar-refractivity contribution in [2.75, 3.05) is 5.32 Å². The summed E-state index contributed by atoms with van der Waals surface area (Å²) in [6.45, 7) is 3.28. The molecule has 0 aliphatic rings. The van der Waals surface area contributed by atoms with Crippen LogP contribution in [0.15, 0.2) is 66.9 Å². The van der Waals surface area contributed by atoms with E-state index in [0.717, 1.165) is 5.69 Å². The molecule has 2 aromatic carbocycles. The highest BCUT2D eigenvalue weighted by Gasteiger charge is 2.22. The Kier molecular flexibility index (Phi) is 5.57.